The van der Waals surface area contributed by atoms with Gasteiger partial charge in [0.15, 0.2) is 0 Å². The summed E-state index contributed by atoms with van der Waals surface area (Å²) in [7, 11) is 0. The minimum absolute atomic E-state index is 0.0687. The minimum Gasteiger partial charge on any atom is -0.481 e. The van der Waals surface area contributed by atoms with Crippen LogP contribution in [0.25, 0.3) is 0 Å². The standard InChI is InChI=1S/C12H15N3O3/c1-12(4-5-12)15-11(18)14-9-3-2-8(13-7-9)6-10(16)17/h2-3,7H,4-6H2,1H3,(H,16,17)(H2,14,15,18). The molecule has 1 aliphatic carbocycles. The van der Waals surface area contributed by atoms with Gasteiger partial charge in [0.05, 0.1) is 24.0 Å². The molecule has 0 bridgehead atoms. The Bertz CT molecular complexity index is 466. The Morgan fingerprint density at radius 2 is 2.17 bits per heavy atom. The van der Waals surface area contributed by atoms with E-state index in [-0.39, 0.29) is 18.0 Å². The number of pyridine rings is 1. The Kier molecular flexibility index (Phi) is 3.18. The topological polar surface area (TPSA) is 91.3 Å². The molecule has 96 valence electrons. The fraction of sp³-hybridized carbons (Fsp3) is 0.417. The minimum atomic E-state index is -0.928. The average molecular weight is 249 g/mol. The fourth-order valence-corrected chi connectivity index (χ4v) is 1.51. The molecule has 18 heavy (non-hydrogen) atoms. The number of carbonyl (C=O) groups excluding carboxylic acids is 1. The molecule has 0 aliphatic heterocycles. The van der Waals surface area contributed by atoms with Crippen molar-refractivity contribution in [2.75, 3.05) is 5.32 Å². The predicted molar refractivity (Wildman–Crippen MR) is 65.4 cm³/mol. The van der Waals surface area contributed by atoms with Crippen LogP contribution in [0.15, 0.2) is 18.3 Å². The number of nitrogens with zero attached hydrogens (tertiary/aromatic N) is 1. The first-order valence-electron chi connectivity index (χ1n) is 5.73. The zero-order valence-electron chi connectivity index (χ0n) is 10.1. The van der Waals surface area contributed by atoms with Crippen LogP contribution in [0, 0.1) is 0 Å². The molecular weight excluding hydrogens is 234 g/mol. The number of urea groups is 1. The fourth-order valence-electron chi connectivity index (χ4n) is 1.51. The number of carboxylic acid groups (broad SMARTS) is 1. The van der Waals surface area contributed by atoms with E-state index in [0.29, 0.717) is 11.4 Å². The van der Waals surface area contributed by atoms with Crippen molar-refractivity contribution in [2.45, 2.75) is 31.7 Å². The summed E-state index contributed by atoms with van der Waals surface area (Å²) in [5.74, 6) is -0.928. The molecule has 3 N–H and O–H groups in total. The summed E-state index contributed by atoms with van der Waals surface area (Å²) in [6.45, 7) is 1.99. The monoisotopic (exact) mass is 249 g/mol. The van der Waals surface area contributed by atoms with Gasteiger partial charge in [-0.25, -0.2) is 4.79 Å². The molecule has 0 radical (unpaired) electrons. The van der Waals surface area contributed by atoms with Gasteiger partial charge in [-0.1, -0.05) is 0 Å². The van der Waals surface area contributed by atoms with E-state index in [1.54, 1.807) is 12.1 Å². The lowest BCUT2D eigenvalue weighted by Crippen LogP contribution is -2.37. The maximum absolute atomic E-state index is 11.6. The molecule has 1 aliphatic rings. The maximum atomic E-state index is 11.6. The lowest BCUT2D eigenvalue weighted by molar-refractivity contribution is -0.136. The number of rotatable bonds is 4. The van der Waals surface area contributed by atoms with Crippen LogP contribution >= 0.6 is 0 Å². The zero-order valence-corrected chi connectivity index (χ0v) is 10.1. The van der Waals surface area contributed by atoms with E-state index in [9.17, 15) is 9.59 Å². The number of hydrogen-bond acceptors (Lipinski definition) is 3. The smallest absolute Gasteiger partial charge is 0.319 e. The Hall–Kier alpha value is -2.11. The van der Waals surface area contributed by atoms with Crippen molar-refractivity contribution < 1.29 is 14.7 Å². The van der Waals surface area contributed by atoms with E-state index in [1.165, 1.54) is 6.20 Å². The van der Waals surface area contributed by atoms with Crippen molar-refractivity contribution in [3.05, 3.63) is 24.0 Å². The lowest BCUT2D eigenvalue weighted by atomic mass is 10.2. The van der Waals surface area contributed by atoms with Gasteiger partial charge in [-0.2, -0.15) is 0 Å². The third-order valence-corrected chi connectivity index (χ3v) is 2.83. The van der Waals surface area contributed by atoms with Crippen LogP contribution in [0.2, 0.25) is 0 Å². The van der Waals surface area contributed by atoms with Crippen LogP contribution in [0.1, 0.15) is 25.5 Å². The van der Waals surface area contributed by atoms with Crippen molar-refractivity contribution >= 4 is 17.7 Å². The van der Waals surface area contributed by atoms with Crippen LogP contribution in [0.4, 0.5) is 10.5 Å². The van der Waals surface area contributed by atoms with Crippen LogP contribution < -0.4 is 10.6 Å². The molecule has 1 aromatic heterocycles. The third-order valence-electron chi connectivity index (χ3n) is 2.83. The summed E-state index contributed by atoms with van der Waals surface area (Å²) in [5, 5.41) is 14.1. The Morgan fingerprint density at radius 3 is 2.67 bits per heavy atom. The largest absolute Gasteiger partial charge is 0.481 e. The third kappa shape index (κ3) is 3.44. The molecule has 0 unspecified atom stereocenters. The van der Waals surface area contributed by atoms with E-state index in [2.05, 4.69) is 15.6 Å². The number of nitrogens with one attached hydrogen (secondary N) is 2. The SMILES string of the molecule is CC1(NC(=O)Nc2ccc(CC(=O)O)nc2)CC1. The summed E-state index contributed by atoms with van der Waals surface area (Å²) in [6.07, 6.45) is 3.32. The highest BCUT2D eigenvalue weighted by atomic mass is 16.4. The van der Waals surface area contributed by atoms with E-state index in [1.807, 2.05) is 6.92 Å². The molecule has 0 saturated heterocycles. The van der Waals surface area contributed by atoms with E-state index in [4.69, 9.17) is 5.11 Å². The van der Waals surface area contributed by atoms with Gasteiger partial charge in [0.1, 0.15) is 0 Å². The number of carboxylic acids is 1. The summed E-state index contributed by atoms with van der Waals surface area (Å²) in [4.78, 5) is 26.0. The predicted octanol–water partition coefficient (Wildman–Crippen LogP) is 1.38. The van der Waals surface area contributed by atoms with Gasteiger partial charge in [0.25, 0.3) is 0 Å². The van der Waals surface area contributed by atoms with Crippen LogP contribution in [-0.4, -0.2) is 27.6 Å². The van der Waals surface area contributed by atoms with Gasteiger partial charge in [0, 0.05) is 5.54 Å². The molecule has 6 heteroatoms. The van der Waals surface area contributed by atoms with Gasteiger partial charge < -0.3 is 15.7 Å². The number of carbonyl (C=O) groups is 2. The number of anilines is 1. The molecule has 0 atom stereocenters. The number of hydrogen-bond donors (Lipinski definition) is 3. The van der Waals surface area contributed by atoms with Gasteiger partial charge >= 0.3 is 12.0 Å². The molecule has 2 amide bonds. The molecule has 1 heterocycles. The highest BCUT2D eigenvalue weighted by Gasteiger charge is 2.38. The Balaban J connectivity index is 1.89. The van der Waals surface area contributed by atoms with Crippen LogP contribution in [-0.2, 0) is 11.2 Å². The Morgan fingerprint density at radius 1 is 1.44 bits per heavy atom. The van der Waals surface area contributed by atoms with Gasteiger partial charge in [0.2, 0.25) is 0 Å². The highest BCUT2D eigenvalue weighted by Crippen LogP contribution is 2.34. The second-order valence-electron chi connectivity index (χ2n) is 4.75. The first kappa shape index (κ1) is 12.3. The van der Waals surface area contributed by atoms with Gasteiger partial charge in [-0.15, -0.1) is 0 Å². The van der Waals surface area contributed by atoms with Crippen LogP contribution in [0.5, 0.6) is 0 Å². The first-order valence-corrected chi connectivity index (χ1v) is 5.73. The summed E-state index contributed by atoms with van der Waals surface area (Å²) in [6, 6.07) is 2.96. The lowest BCUT2D eigenvalue weighted by Gasteiger charge is -2.12. The van der Waals surface area contributed by atoms with Gasteiger partial charge in [-0.3, -0.25) is 9.78 Å². The Labute approximate surface area is 104 Å². The molecule has 1 fully saturated rings. The number of aliphatic carboxylic acids is 1. The second-order valence-corrected chi connectivity index (χ2v) is 4.75. The number of amides is 2. The van der Waals surface area contributed by atoms with Crippen molar-refractivity contribution in [2.24, 2.45) is 0 Å². The molecule has 2 rings (SSSR count). The summed E-state index contributed by atoms with van der Waals surface area (Å²) < 4.78 is 0. The summed E-state index contributed by atoms with van der Waals surface area (Å²) >= 11 is 0. The number of aromatic nitrogens is 1. The molecule has 6 nitrogen and oxygen atoms in total. The van der Waals surface area contributed by atoms with Crippen molar-refractivity contribution in [1.82, 2.24) is 10.3 Å². The second kappa shape index (κ2) is 4.64. The van der Waals surface area contributed by atoms with Gasteiger partial charge in [-0.05, 0) is 31.9 Å². The van der Waals surface area contributed by atoms with Crippen LogP contribution in [0.3, 0.4) is 0 Å². The van der Waals surface area contributed by atoms with E-state index in [0.717, 1.165) is 12.8 Å². The highest BCUT2D eigenvalue weighted by molar-refractivity contribution is 5.89. The van der Waals surface area contributed by atoms with Crippen molar-refractivity contribution in [3.63, 3.8) is 0 Å². The first-order chi connectivity index (χ1) is 8.47. The van der Waals surface area contributed by atoms with E-state index < -0.39 is 5.97 Å². The molecule has 1 aromatic rings. The quantitative estimate of drug-likeness (QED) is 0.751. The molecular formula is C12H15N3O3. The molecule has 0 spiro atoms. The maximum Gasteiger partial charge on any atom is 0.319 e. The normalized spacial score (nSPS) is 15.8. The average Bonchev–Trinajstić information content (AvgIpc) is 2.98. The van der Waals surface area contributed by atoms with Crippen molar-refractivity contribution in [3.8, 4) is 0 Å². The molecule has 0 aromatic carbocycles. The molecule has 1 saturated carbocycles. The summed E-state index contributed by atoms with van der Waals surface area (Å²) in [5.41, 5.74) is 0.939. The van der Waals surface area contributed by atoms with Crippen molar-refractivity contribution in [1.29, 1.82) is 0 Å². The van der Waals surface area contributed by atoms with E-state index >= 15 is 0 Å². The zero-order chi connectivity index (χ0) is 13.2.